The van der Waals surface area contributed by atoms with Crippen LogP contribution in [0.4, 0.5) is 8.78 Å². The minimum absolute atomic E-state index is 0.00935. The monoisotopic (exact) mass is 326 g/mol. The first-order valence-corrected chi connectivity index (χ1v) is 7.55. The molecule has 1 rings (SSSR count). The number of aliphatic imine (C=N–C) groups is 1. The number of hydrogen-bond acceptors (Lipinski definition) is 2. The molecule has 0 bridgehead atoms. The van der Waals surface area contributed by atoms with Crippen molar-refractivity contribution in [1.82, 2.24) is 16.0 Å². The van der Waals surface area contributed by atoms with Crippen molar-refractivity contribution in [3.8, 4) is 0 Å². The fraction of sp³-hybridized carbons (Fsp3) is 0.500. The Kier molecular flexibility index (Phi) is 7.44. The van der Waals surface area contributed by atoms with E-state index < -0.39 is 11.6 Å². The van der Waals surface area contributed by atoms with Crippen molar-refractivity contribution >= 4 is 11.9 Å². The van der Waals surface area contributed by atoms with Crippen LogP contribution in [0.2, 0.25) is 0 Å². The number of guanidine groups is 1. The lowest BCUT2D eigenvalue weighted by Gasteiger charge is -2.18. The normalized spacial score (nSPS) is 12.9. The van der Waals surface area contributed by atoms with Crippen molar-refractivity contribution in [3.05, 3.63) is 35.4 Å². The van der Waals surface area contributed by atoms with Gasteiger partial charge in [0.25, 0.3) is 0 Å². The molecule has 0 aliphatic heterocycles. The third-order valence-electron chi connectivity index (χ3n) is 3.26. The summed E-state index contributed by atoms with van der Waals surface area (Å²) in [5, 5.41) is 8.91. The largest absolute Gasteiger partial charge is 0.355 e. The maximum absolute atomic E-state index is 13.3. The molecule has 0 spiro atoms. The van der Waals surface area contributed by atoms with Crippen molar-refractivity contribution < 1.29 is 13.6 Å². The van der Waals surface area contributed by atoms with E-state index >= 15 is 0 Å². The first-order valence-electron chi connectivity index (χ1n) is 7.55. The van der Waals surface area contributed by atoms with Crippen LogP contribution < -0.4 is 16.0 Å². The minimum Gasteiger partial charge on any atom is -0.355 e. The Balaban J connectivity index is 2.46. The summed E-state index contributed by atoms with van der Waals surface area (Å²) in [7, 11) is 1.61. The van der Waals surface area contributed by atoms with Gasteiger partial charge in [0.15, 0.2) is 17.6 Å². The Morgan fingerprint density at radius 2 is 1.78 bits per heavy atom. The predicted molar refractivity (Wildman–Crippen MR) is 87.1 cm³/mol. The third-order valence-corrected chi connectivity index (χ3v) is 3.26. The summed E-state index contributed by atoms with van der Waals surface area (Å²) in [6, 6.07) is 3.53. The lowest BCUT2D eigenvalue weighted by Crippen LogP contribution is -2.42. The van der Waals surface area contributed by atoms with E-state index in [9.17, 15) is 13.6 Å². The van der Waals surface area contributed by atoms with Crippen molar-refractivity contribution in [1.29, 1.82) is 0 Å². The molecule has 0 saturated carbocycles. The van der Waals surface area contributed by atoms with Crippen LogP contribution in [0.25, 0.3) is 0 Å². The highest BCUT2D eigenvalue weighted by molar-refractivity contribution is 5.80. The van der Waals surface area contributed by atoms with Crippen molar-refractivity contribution in [3.63, 3.8) is 0 Å². The van der Waals surface area contributed by atoms with Crippen molar-refractivity contribution in [2.45, 2.75) is 26.8 Å². The molecule has 0 saturated heterocycles. The molecule has 5 nitrogen and oxygen atoms in total. The van der Waals surface area contributed by atoms with E-state index in [0.717, 1.165) is 12.1 Å². The lowest BCUT2D eigenvalue weighted by atomic mass is 10.1. The number of amides is 1. The maximum atomic E-state index is 13.3. The summed E-state index contributed by atoms with van der Waals surface area (Å²) in [5.74, 6) is -1.30. The van der Waals surface area contributed by atoms with E-state index in [0.29, 0.717) is 24.6 Å². The topological polar surface area (TPSA) is 65.5 Å². The van der Waals surface area contributed by atoms with Gasteiger partial charge in [-0.2, -0.15) is 0 Å². The van der Waals surface area contributed by atoms with Gasteiger partial charge < -0.3 is 16.0 Å². The molecule has 0 fully saturated rings. The fourth-order valence-corrected chi connectivity index (χ4v) is 1.84. The molecular formula is C16H24F2N4O. The molecule has 1 amide bonds. The fourth-order valence-electron chi connectivity index (χ4n) is 1.84. The molecule has 3 N–H and O–H groups in total. The number of rotatable bonds is 6. The number of halogens is 2. The van der Waals surface area contributed by atoms with Crippen LogP contribution in [0.15, 0.2) is 23.2 Å². The summed E-state index contributed by atoms with van der Waals surface area (Å²) in [6.45, 7) is 6.44. The van der Waals surface area contributed by atoms with Crippen LogP contribution in [-0.4, -0.2) is 32.0 Å². The molecule has 128 valence electrons. The van der Waals surface area contributed by atoms with Gasteiger partial charge in [0.1, 0.15) is 0 Å². The van der Waals surface area contributed by atoms with Crippen LogP contribution in [-0.2, 0) is 4.79 Å². The summed E-state index contributed by atoms with van der Waals surface area (Å²) in [4.78, 5) is 15.5. The van der Waals surface area contributed by atoms with Gasteiger partial charge in [0, 0.05) is 26.1 Å². The zero-order valence-corrected chi connectivity index (χ0v) is 13.9. The van der Waals surface area contributed by atoms with Gasteiger partial charge in [-0.3, -0.25) is 9.79 Å². The molecule has 1 aromatic rings. The molecule has 0 aliphatic rings. The molecule has 1 aromatic carbocycles. The predicted octanol–water partition coefficient (Wildman–Crippen LogP) is 1.96. The number of hydrogen-bond donors (Lipinski definition) is 3. The van der Waals surface area contributed by atoms with Crippen LogP contribution in [0.3, 0.4) is 0 Å². The molecule has 23 heavy (non-hydrogen) atoms. The second-order valence-electron chi connectivity index (χ2n) is 5.48. The number of nitrogens with one attached hydrogen (secondary N) is 3. The number of carbonyl (C=O) groups excluding carboxylic acids is 1. The summed E-state index contributed by atoms with van der Waals surface area (Å²) >= 11 is 0. The molecule has 0 heterocycles. The first-order chi connectivity index (χ1) is 10.8. The average molecular weight is 326 g/mol. The van der Waals surface area contributed by atoms with Crippen LogP contribution >= 0.6 is 0 Å². The number of benzene rings is 1. The van der Waals surface area contributed by atoms with Crippen LogP contribution in [0.1, 0.15) is 32.4 Å². The zero-order chi connectivity index (χ0) is 17.4. The van der Waals surface area contributed by atoms with Gasteiger partial charge in [0.2, 0.25) is 5.91 Å². The Morgan fingerprint density at radius 1 is 1.13 bits per heavy atom. The van der Waals surface area contributed by atoms with E-state index in [-0.39, 0.29) is 17.9 Å². The van der Waals surface area contributed by atoms with E-state index in [1.165, 1.54) is 6.07 Å². The lowest BCUT2D eigenvalue weighted by molar-refractivity contribution is -0.123. The highest BCUT2D eigenvalue weighted by Crippen LogP contribution is 2.15. The van der Waals surface area contributed by atoms with E-state index in [1.807, 2.05) is 20.8 Å². The van der Waals surface area contributed by atoms with Crippen LogP contribution in [0, 0.1) is 17.6 Å². The molecular weight excluding hydrogens is 302 g/mol. The quantitative estimate of drug-likeness (QED) is 0.425. The molecule has 0 radical (unpaired) electrons. The minimum atomic E-state index is -0.879. The maximum Gasteiger partial charge on any atom is 0.222 e. The number of nitrogens with zero attached hydrogens (tertiary/aromatic N) is 1. The van der Waals surface area contributed by atoms with E-state index in [1.54, 1.807) is 7.05 Å². The standard InChI is InChI=1S/C16H24F2N4O/c1-10(2)15(23)20-7-8-21-16(19-4)22-11(3)12-5-6-13(17)14(18)9-12/h5-6,9-11H,7-8H2,1-4H3,(H,20,23)(H2,19,21,22). The smallest absolute Gasteiger partial charge is 0.222 e. The molecule has 1 atom stereocenters. The Hall–Kier alpha value is -2.18. The first kappa shape index (κ1) is 18.9. The van der Waals surface area contributed by atoms with Gasteiger partial charge in [-0.25, -0.2) is 8.78 Å². The van der Waals surface area contributed by atoms with Gasteiger partial charge in [-0.05, 0) is 24.6 Å². The molecule has 1 unspecified atom stereocenters. The Morgan fingerprint density at radius 3 is 2.35 bits per heavy atom. The highest BCUT2D eigenvalue weighted by atomic mass is 19.2. The summed E-state index contributed by atoms with van der Waals surface area (Å²) in [6.07, 6.45) is 0. The van der Waals surface area contributed by atoms with Crippen molar-refractivity contribution in [2.75, 3.05) is 20.1 Å². The highest BCUT2D eigenvalue weighted by Gasteiger charge is 2.11. The average Bonchev–Trinajstić information content (AvgIpc) is 2.52. The van der Waals surface area contributed by atoms with Gasteiger partial charge in [-0.1, -0.05) is 19.9 Å². The molecule has 7 heteroatoms. The van der Waals surface area contributed by atoms with Crippen molar-refractivity contribution in [2.24, 2.45) is 10.9 Å². The number of carbonyl (C=O) groups is 1. The summed E-state index contributed by atoms with van der Waals surface area (Å²) in [5.41, 5.74) is 0.611. The Labute approximate surface area is 135 Å². The second kappa shape index (κ2) is 9.07. The third kappa shape index (κ3) is 6.22. The van der Waals surface area contributed by atoms with Crippen LogP contribution in [0.5, 0.6) is 0 Å². The zero-order valence-electron chi connectivity index (χ0n) is 13.9. The SMILES string of the molecule is CN=C(NCCNC(=O)C(C)C)NC(C)c1ccc(F)c(F)c1. The van der Waals surface area contributed by atoms with Gasteiger partial charge >= 0.3 is 0 Å². The second-order valence-corrected chi connectivity index (χ2v) is 5.48. The molecule has 0 aromatic heterocycles. The van der Waals surface area contributed by atoms with Gasteiger partial charge in [-0.15, -0.1) is 0 Å². The summed E-state index contributed by atoms with van der Waals surface area (Å²) < 4.78 is 26.2. The Bertz CT molecular complexity index is 561. The van der Waals surface area contributed by atoms with Gasteiger partial charge in [0.05, 0.1) is 6.04 Å². The van der Waals surface area contributed by atoms with E-state index in [4.69, 9.17) is 0 Å². The van der Waals surface area contributed by atoms with E-state index in [2.05, 4.69) is 20.9 Å². The molecule has 0 aliphatic carbocycles.